The molecule has 1 aliphatic heterocycles. The van der Waals surface area contributed by atoms with Gasteiger partial charge in [0.25, 0.3) is 5.91 Å². The van der Waals surface area contributed by atoms with Gasteiger partial charge < -0.3 is 9.80 Å². The van der Waals surface area contributed by atoms with Crippen LogP contribution in [0.1, 0.15) is 35.4 Å². The molecule has 1 aromatic heterocycles. The molecule has 21 heavy (non-hydrogen) atoms. The zero-order valence-electron chi connectivity index (χ0n) is 12.7. The van der Waals surface area contributed by atoms with E-state index < -0.39 is 0 Å². The predicted molar refractivity (Wildman–Crippen MR) is 83.3 cm³/mol. The summed E-state index contributed by atoms with van der Waals surface area (Å²) in [6.45, 7) is 1.32. The minimum absolute atomic E-state index is 0.0221. The quantitative estimate of drug-likeness (QED) is 0.842. The highest BCUT2D eigenvalue weighted by Crippen LogP contribution is 2.49. The molecule has 5 heteroatoms. The maximum Gasteiger partial charge on any atom is 0.263 e. The largest absolute Gasteiger partial charge is 0.349 e. The van der Waals surface area contributed by atoms with Gasteiger partial charge in [0.15, 0.2) is 0 Å². The lowest BCUT2D eigenvalue weighted by Crippen LogP contribution is -2.39. The molecule has 4 nitrogen and oxygen atoms in total. The SMILES string of the molecule is CN(C)C(=O)C1CN(C(=O)c2cccs2)CC12CCCC2. The fraction of sp³-hybridized carbons (Fsp3) is 0.625. The number of amides is 2. The van der Waals surface area contributed by atoms with E-state index in [0.29, 0.717) is 6.54 Å². The molecule has 1 aromatic rings. The van der Waals surface area contributed by atoms with E-state index >= 15 is 0 Å². The van der Waals surface area contributed by atoms with Crippen molar-refractivity contribution in [2.75, 3.05) is 27.2 Å². The van der Waals surface area contributed by atoms with E-state index in [1.807, 2.05) is 36.5 Å². The Morgan fingerprint density at radius 3 is 2.62 bits per heavy atom. The second-order valence-corrected chi connectivity index (χ2v) is 7.47. The molecule has 3 rings (SSSR count). The number of hydrogen-bond donors (Lipinski definition) is 0. The van der Waals surface area contributed by atoms with Crippen LogP contribution in [0.4, 0.5) is 0 Å². The molecule has 1 atom stereocenters. The topological polar surface area (TPSA) is 40.6 Å². The van der Waals surface area contributed by atoms with Crippen LogP contribution in [0.5, 0.6) is 0 Å². The molecule has 1 spiro atoms. The Labute approximate surface area is 129 Å². The Hall–Kier alpha value is -1.36. The highest BCUT2D eigenvalue weighted by Gasteiger charge is 2.52. The monoisotopic (exact) mass is 306 g/mol. The Morgan fingerprint density at radius 1 is 1.33 bits per heavy atom. The van der Waals surface area contributed by atoms with Gasteiger partial charge in [-0.15, -0.1) is 11.3 Å². The molecular formula is C16H22N2O2S. The van der Waals surface area contributed by atoms with Crippen LogP contribution in [-0.4, -0.2) is 48.8 Å². The van der Waals surface area contributed by atoms with Crippen LogP contribution in [0.25, 0.3) is 0 Å². The van der Waals surface area contributed by atoms with Crippen molar-refractivity contribution >= 4 is 23.2 Å². The van der Waals surface area contributed by atoms with E-state index in [4.69, 9.17) is 0 Å². The second kappa shape index (κ2) is 5.44. The molecule has 0 N–H and O–H groups in total. The van der Waals surface area contributed by atoms with E-state index in [1.165, 1.54) is 24.2 Å². The van der Waals surface area contributed by atoms with Crippen LogP contribution < -0.4 is 0 Å². The summed E-state index contributed by atoms with van der Waals surface area (Å²) in [5.74, 6) is 0.239. The maximum absolute atomic E-state index is 12.6. The van der Waals surface area contributed by atoms with Crippen LogP contribution >= 0.6 is 11.3 Å². The number of carbonyl (C=O) groups excluding carboxylic acids is 2. The van der Waals surface area contributed by atoms with Gasteiger partial charge in [-0.2, -0.15) is 0 Å². The van der Waals surface area contributed by atoms with Crippen molar-refractivity contribution in [3.63, 3.8) is 0 Å². The van der Waals surface area contributed by atoms with Crippen molar-refractivity contribution in [1.29, 1.82) is 0 Å². The number of thiophene rings is 1. The molecule has 2 amide bonds. The average Bonchev–Trinajstić information content (AvgIpc) is 3.19. The molecule has 0 aromatic carbocycles. The Bertz CT molecular complexity index is 532. The van der Waals surface area contributed by atoms with Gasteiger partial charge in [0.2, 0.25) is 5.91 Å². The molecule has 0 bridgehead atoms. The first kappa shape index (κ1) is 14.6. The van der Waals surface area contributed by atoms with Crippen LogP contribution in [0.15, 0.2) is 17.5 Å². The van der Waals surface area contributed by atoms with Gasteiger partial charge in [-0.3, -0.25) is 9.59 Å². The predicted octanol–water partition coefficient (Wildman–Crippen LogP) is 2.47. The fourth-order valence-electron chi connectivity index (χ4n) is 3.92. The molecule has 2 heterocycles. The molecule has 114 valence electrons. The third-order valence-electron chi connectivity index (χ3n) is 5.01. The first-order chi connectivity index (χ1) is 10.0. The van der Waals surface area contributed by atoms with Gasteiger partial charge in [0.05, 0.1) is 10.8 Å². The first-order valence-electron chi connectivity index (χ1n) is 7.57. The summed E-state index contributed by atoms with van der Waals surface area (Å²) in [7, 11) is 3.63. The zero-order valence-corrected chi connectivity index (χ0v) is 13.5. The van der Waals surface area contributed by atoms with Gasteiger partial charge in [-0.25, -0.2) is 0 Å². The van der Waals surface area contributed by atoms with Crippen LogP contribution in [0.3, 0.4) is 0 Å². The first-order valence-corrected chi connectivity index (χ1v) is 8.45. The van der Waals surface area contributed by atoms with Crippen LogP contribution in [0.2, 0.25) is 0 Å². The highest BCUT2D eigenvalue weighted by molar-refractivity contribution is 7.12. The fourth-order valence-corrected chi connectivity index (χ4v) is 4.61. The molecule has 2 fully saturated rings. The summed E-state index contributed by atoms with van der Waals surface area (Å²) in [6.07, 6.45) is 4.51. The van der Waals surface area contributed by atoms with E-state index in [9.17, 15) is 9.59 Å². The van der Waals surface area contributed by atoms with Crippen molar-refractivity contribution in [2.45, 2.75) is 25.7 Å². The number of nitrogens with zero attached hydrogens (tertiary/aromatic N) is 2. The molecule has 1 aliphatic carbocycles. The zero-order chi connectivity index (χ0) is 15.0. The van der Waals surface area contributed by atoms with Crippen LogP contribution in [0, 0.1) is 11.3 Å². The smallest absolute Gasteiger partial charge is 0.263 e. The van der Waals surface area contributed by atoms with E-state index in [2.05, 4.69) is 0 Å². The maximum atomic E-state index is 12.6. The number of carbonyl (C=O) groups is 2. The van der Waals surface area contributed by atoms with Gasteiger partial charge in [-0.1, -0.05) is 18.9 Å². The van der Waals surface area contributed by atoms with Crippen molar-refractivity contribution in [3.05, 3.63) is 22.4 Å². The summed E-state index contributed by atoms with van der Waals surface area (Å²) < 4.78 is 0. The van der Waals surface area contributed by atoms with Crippen molar-refractivity contribution in [3.8, 4) is 0 Å². The molecule has 0 radical (unpaired) electrons. The minimum atomic E-state index is -0.0288. The Morgan fingerprint density at radius 2 is 2.05 bits per heavy atom. The highest BCUT2D eigenvalue weighted by atomic mass is 32.1. The normalized spacial score (nSPS) is 23.7. The average molecular weight is 306 g/mol. The summed E-state index contributed by atoms with van der Waals surface area (Å²) in [5, 5.41) is 1.93. The van der Waals surface area contributed by atoms with E-state index in [1.54, 1.807) is 4.90 Å². The Balaban J connectivity index is 1.84. The van der Waals surface area contributed by atoms with Crippen LogP contribution in [-0.2, 0) is 4.79 Å². The summed E-state index contributed by atoms with van der Waals surface area (Å²) in [4.78, 5) is 29.5. The number of rotatable bonds is 2. The Kier molecular flexibility index (Phi) is 3.78. The molecule has 1 saturated carbocycles. The van der Waals surface area contributed by atoms with E-state index in [-0.39, 0.29) is 23.1 Å². The van der Waals surface area contributed by atoms with Gasteiger partial charge in [-0.05, 0) is 24.3 Å². The summed E-state index contributed by atoms with van der Waals surface area (Å²) >= 11 is 1.48. The van der Waals surface area contributed by atoms with Crippen molar-refractivity contribution < 1.29 is 9.59 Å². The minimum Gasteiger partial charge on any atom is -0.349 e. The van der Waals surface area contributed by atoms with Crippen molar-refractivity contribution in [2.24, 2.45) is 11.3 Å². The molecule has 1 saturated heterocycles. The van der Waals surface area contributed by atoms with Gasteiger partial charge >= 0.3 is 0 Å². The number of hydrogen-bond acceptors (Lipinski definition) is 3. The standard InChI is InChI=1S/C16H22N2O2S/c1-17(2)14(19)12-10-18(11-16(12)7-3-4-8-16)15(20)13-6-5-9-21-13/h5-6,9,12H,3-4,7-8,10-11H2,1-2H3. The second-order valence-electron chi connectivity index (χ2n) is 6.52. The lowest BCUT2D eigenvalue weighted by molar-refractivity contribution is -0.135. The summed E-state index contributed by atoms with van der Waals surface area (Å²) in [6, 6.07) is 3.77. The molecular weight excluding hydrogens is 284 g/mol. The molecule has 1 unspecified atom stereocenters. The van der Waals surface area contributed by atoms with Crippen molar-refractivity contribution in [1.82, 2.24) is 9.80 Å². The van der Waals surface area contributed by atoms with E-state index in [0.717, 1.165) is 24.3 Å². The lowest BCUT2D eigenvalue weighted by atomic mass is 9.76. The lowest BCUT2D eigenvalue weighted by Gasteiger charge is -2.30. The molecule has 2 aliphatic rings. The third-order valence-corrected chi connectivity index (χ3v) is 5.86. The summed E-state index contributed by atoms with van der Waals surface area (Å²) in [5.41, 5.74) is 0.0221. The van der Waals surface area contributed by atoms with Gasteiger partial charge in [0, 0.05) is 32.6 Å². The number of likely N-dealkylation sites (tertiary alicyclic amines) is 1. The van der Waals surface area contributed by atoms with Gasteiger partial charge in [0.1, 0.15) is 0 Å². The third kappa shape index (κ3) is 2.48.